The molecule has 0 aromatic heterocycles. The van der Waals surface area contributed by atoms with Crippen LogP contribution in [0.25, 0.3) is 0 Å². The predicted octanol–water partition coefficient (Wildman–Crippen LogP) is 2.04. The van der Waals surface area contributed by atoms with E-state index < -0.39 is 0 Å². The van der Waals surface area contributed by atoms with Crippen molar-refractivity contribution in [2.24, 2.45) is 10.2 Å². The van der Waals surface area contributed by atoms with Gasteiger partial charge in [0.05, 0.1) is 0 Å². The number of rotatable bonds is 6. The van der Waals surface area contributed by atoms with Crippen molar-refractivity contribution in [1.82, 2.24) is 9.80 Å². The molecular formula is C16H24N4O. The van der Waals surface area contributed by atoms with Crippen molar-refractivity contribution in [3.05, 3.63) is 0 Å². The fourth-order valence-corrected chi connectivity index (χ4v) is 3.22. The van der Waals surface area contributed by atoms with Gasteiger partial charge in [-0.1, -0.05) is 6.42 Å². The van der Waals surface area contributed by atoms with E-state index in [0.717, 1.165) is 45.1 Å². The zero-order chi connectivity index (χ0) is 14.7. The van der Waals surface area contributed by atoms with Gasteiger partial charge in [-0.2, -0.15) is 10.2 Å². The molecule has 2 heterocycles. The second-order valence-corrected chi connectivity index (χ2v) is 6.39. The first-order valence-corrected chi connectivity index (χ1v) is 8.12. The van der Waals surface area contributed by atoms with Crippen LogP contribution in [0, 0.1) is 12.3 Å². The van der Waals surface area contributed by atoms with Crippen molar-refractivity contribution in [3.8, 4) is 12.3 Å². The van der Waals surface area contributed by atoms with Gasteiger partial charge in [0.15, 0.2) is 5.66 Å². The van der Waals surface area contributed by atoms with Crippen LogP contribution in [0.3, 0.4) is 0 Å². The lowest BCUT2D eigenvalue weighted by Crippen LogP contribution is -2.53. The zero-order valence-corrected chi connectivity index (χ0v) is 12.6. The fraction of sp³-hybridized carbons (Fsp3) is 0.812. The molecule has 1 aliphatic carbocycles. The molecule has 21 heavy (non-hydrogen) atoms. The maximum absolute atomic E-state index is 12.3. The maximum Gasteiger partial charge on any atom is 0.222 e. The van der Waals surface area contributed by atoms with Gasteiger partial charge >= 0.3 is 0 Å². The molecule has 3 rings (SSSR count). The first kappa shape index (κ1) is 14.5. The van der Waals surface area contributed by atoms with Gasteiger partial charge in [0.25, 0.3) is 0 Å². The van der Waals surface area contributed by atoms with E-state index in [9.17, 15) is 4.79 Å². The molecule has 0 unspecified atom stereocenters. The molecule has 1 saturated heterocycles. The minimum Gasteiger partial charge on any atom is -0.340 e. The Morgan fingerprint density at radius 2 is 1.90 bits per heavy atom. The first-order chi connectivity index (χ1) is 10.2. The van der Waals surface area contributed by atoms with Gasteiger partial charge in [-0.15, -0.1) is 12.3 Å². The van der Waals surface area contributed by atoms with Gasteiger partial charge in [0.1, 0.15) is 0 Å². The molecule has 2 fully saturated rings. The van der Waals surface area contributed by atoms with Crippen LogP contribution in [0.1, 0.15) is 44.9 Å². The minimum atomic E-state index is -0.324. The minimum absolute atomic E-state index is 0.251. The van der Waals surface area contributed by atoms with E-state index >= 15 is 0 Å². The quantitative estimate of drug-likeness (QED) is 0.702. The van der Waals surface area contributed by atoms with Gasteiger partial charge in [-0.05, 0) is 12.8 Å². The van der Waals surface area contributed by atoms with Crippen LogP contribution in [-0.4, -0.2) is 53.6 Å². The molecule has 0 aromatic carbocycles. The van der Waals surface area contributed by atoms with Crippen LogP contribution in [0.5, 0.6) is 0 Å². The topological polar surface area (TPSA) is 48.3 Å². The Morgan fingerprint density at radius 1 is 1.19 bits per heavy atom. The number of nitrogens with zero attached hydrogens (tertiary/aromatic N) is 4. The van der Waals surface area contributed by atoms with Gasteiger partial charge in [-0.25, -0.2) is 0 Å². The van der Waals surface area contributed by atoms with Crippen molar-refractivity contribution in [2.45, 2.75) is 56.7 Å². The van der Waals surface area contributed by atoms with Crippen molar-refractivity contribution >= 4 is 5.91 Å². The highest BCUT2D eigenvalue weighted by Gasteiger charge is 2.40. The van der Waals surface area contributed by atoms with E-state index in [2.05, 4.69) is 21.0 Å². The molecule has 2 aliphatic heterocycles. The third-order valence-electron chi connectivity index (χ3n) is 5.05. The third kappa shape index (κ3) is 3.44. The molecule has 0 N–H and O–H groups in total. The van der Waals surface area contributed by atoms with E-state index in [0.29, 0.717) is 12.8 Å². The van der Waals surface area contributed by atoms with Crippen LogP contribution < -0.4 is 0 Å². The number of carbonyl (C=O) groups is 1. The van der Waals surface area contributed by atoms with Gasteiger partial charge in [0, 0.05) is 57.9 Å². The highest BCUT2D eigenvalue weighted by Crippen LogP contribution is 2.37. The molecule has 3 aliphatic rings. The number of terminal acetylenes is 1. The summed E-state index contributed by atoms with van der Waals surface area (Å²) in [7, 11) is 0. The van der Waals surface area contributed by atoms with E-state index in [-0.39, 0.29) is 11.6 Å². The summed E-state index contributed by atoms with van der Waals surface area (Å²) in [5.41, 5.74) is -0.324. The molecule has 0 aromatic rings. The lowest BCUT2D eigenvalue weighted by Gasteiger charge is -2.43. The number of hydrogen-bond acceptors (Lipinski definition) is 4. The highest BCUT2D eigenvalue weighted by atomic mass is 16.2. The van der Waals surface area contributed by atoms with Gasteiger partial charge in [0.2, 0.25) is 5.91 Å². The second-order valence-electron chi connectivity index (χ2n) is 6.39. The maximum atomic E-state index is 12.3. The van der Waals surface area contributed by atoms with Gasteiger partial charge < -0.3 is 4.90 Å². The summed E-state index contributed by atoms with van der Waals surface area (Å²) < 4.78 is 0. The standard InChI is InChI=1S/C16H24N4O/c1-2-3-8-16(17-18-16)9-7-15(21)20-12-10-19(11-13-20)14-5-4-6-14/h1,14H,3-13H2. The number of hydrogen-bond donors (Lipinski definition) is 0. The van der Waals surface area contributed by atoms with Crippen molar-refractivity contribution < 1.29 is 4.79 Å². The largest absolute Gasteiger partial charge is 0.340 e. The Balaban J connectivity index is 1.37. The molecule has 0 spiro atoms. The normalized spacial score (nSPS) is 24.4. The van der Waals surface area contributed by atoms with Crippen molar-refractivity contribution in [1.29, 1.82) is 0 Å². The van der Waals surface area contributed by atoms with Crippen molar-refractivity contribution in [2.75, 3.05) is 26.2 Å². The lowest BCUT2D eigenvalue weighted by molar-refractivity contribution is -0.133. The SMILES string of the molecule is C#CCCC1(CCC(=O)N2CCN(C3CCC3)CC2)N=N1. The highest BCUT2D eigenvalue weighted by molar-refractivity contribution is 5.76. The summed E-state index contributed by atoms with van der Waals surface area (Å²) in [6.07, 6.45) is 12.1. The van der Waals surface area contributed by atoms with E-state index in [1.807, 2.05) is 4.90 Å². The summed E-state index contributed by atoms with van der Waals surface area (Å²) in [6, 6.07) is 0.790. The fourth-order valence-electron chi connectivity index (χ4n) is 3.22. The van der Waals surface area contributed by atoms with E-state index in [1.165, 1.54) is 19.3 Å². The van der Waals surface area contributed by atoms with Crippen LogP contribution in [0.4, 0.5) is 0 Å². The third-order valence-corrected chi connectivity index (χ3v) is 5.05. The number of piperazine rings is 1. The average molecular weight is 288 g/mol. The Hall–Kier alpha value is -1.41. The van der Waals surface area contributed by atoms with Crippen LogP contribution >= 0.6 is 0 Å². The van der Waals surface area contributed by atoms with Gasteiger partial charge in [-0.3, -0.25) is 9.69 Å². The molecular weight excluding hydrogens is 264 g/mol. The van der Waals surface area contributed by atoms with Crippen LogP contribution in [0.15, 0.2) is 10.2 Å². The van der Waals surface area contributed by atoms with Crippen molar-refractivity contribution in [3.63, 3.8) is 0 Å². The van der Waals surface area contributed by atoms with Crippen LogP contribution in [-0.2, 0) is 4.79 Å². The first-order valence-electron chi connectivity index (χ1n) is 8.12. The summed E-state index contributed by atoms with van der Waals surface area (Å²) in [5, 5.41) is 8.19. The Bertz CT molecular complexity index is 449. The summed E-state index contributed by atoms with van der Waals surface area (Å²) in [6.45, 7) is 3.82. The molecule has 0 radical (unpaired) electrons. The molecule has 5 nitrogen and oxygen atoms in total. The van der Waals surface area contributed by atoms with Crippen LogP contribution in [0.2, 0.25) is 0 Å². The Morgan fingerprint density at radius 3 is 2.43 bits per heavy atom. The smallest absolute Gasteiger partial charge is 0.222 e. The Kier molecular flexibility index (Phi) is 4.25. The monoisotopic (exact) mass is 288 g/mol. The lowest BCUT2D eigenvalue weighted by atomic mass is 9.91. The number of carbonyl (C=O) groups excluding carboxylic acids is 1. The van der Waals surface area contributed by atoms with E-state index in [1.54, 1.807) is 0 Å². The Labute approximate surface area is 126 Å². The molecule has 0 atom stereocenters. The summed E-state index contributed by atoms with van der Waals surface area (Å²) >= 11 is 0. The number of amides is 1. The summed E-state index contributed by atoms with van der Waals surface area (Å²) in [4.78, 5) is 16.8. The average Bonchev–Trinajstić information content (AvgIpc) is 3.22. The molecule has 1 amide bonds. The molecule has 114 valence electrons. The molecule has 5 heteroatoms. The molecule has 0 bridgehead atoms. The molecule has 1 saturated carbocycles. The van der Waals surface area contributed by atoms with E-state index in [4.69, 9.17) is 6.42 Å². The zero-order valence-electron chi connectivity index (χ0n) is 12.6. The predicted molar refractivity (Wildman–Crippen MR) is 80.7 cm³/mol. The second kappa shape index (κ2) is 6.15. The summed E-state index contributed by atoms with van der Waals surface area (Å²) in [5.74, 6) is 2.87.